The molecule has 2 aliphatic heterocycles. The van der Waals surface area contributed by atoms with Crippen LogP contribution in [0.3, 0.4) is 0 Å². The number of carbonyl (C=O) groups excluding carboxylic acids is 1. The van der Waals surface area contributed by atoms with Crippen molar-refractivity contribution in [2.45, 2.75) is 31.5 Å². The van der Waals surface area contributed by atoms with Crippen molar-refractivity contribution >= 4 is 5.91 Å². The first kappa shape index (κ1) is 16.4. The van der Waals surface area contributed by atoms with Crippen LogP contribution in [-0.4, -0.2) is 65.7 Å². The Kier molecular flexibility index (Phi) is 5.25. The highest BCUT2D eigenvalue weighted by atomic mass is 19.1. The number of carbonyl (C=O) groups is 1. The standard InChI is InChI=1S/C17H24FN3O2/c18-15-5-2-1-4-13(15)12-20-6-3-7-21(9-8-20)17(23)16-10-14(22)11-19-16/h1-2,4-5,14,16,19,22H,3,6-12H2/t14-,16+/m1/s1. The molecule has 0 spiro atoms. The lowest BCUT2D eigenvalue weighted by Gasteiger charge is -2.24. The van der Waals surface area contributed by atoms with Crippen LogP contribution in [0, 0.1) is 5.82 Å². The highest BCUT2D eigenvalue weighted by Crippen LogP contribution is 2.15. The quantitative estimate of drug-likeness (QED) is 0.855. The lowest BCUT2D eigenvalue weighted by atomic mass is 10.2. The molecule has 0 aromatic heterocycles. The second-order valence-corrected chi connectivity index (χ2v) is 6.40. The fourth-order valence-electron chi connectivity index (χ4n) is 3.34. The summed E-state index contributed by atoms with van der Waals surface area (Å²) in [6, 6.07) is 6.59. The summed E-state index contributed by atoms with van der Waals surface area (Å²) in [5, 5.41) is 12.6. The minimum absolute atomic E-state index is 0.0780. The Morgan fingerprint density at radius 3 is 2.83 bits per heavy atom. The van der Waals surface area contributed by atoms with E-state index in [2.05, 4.69) is 10.2 Å². The van der Waals surface area contributed by atoms with Crippen molar-refractivity contribution in [1.82, 2.24) is 15.1 Å². The van der Waals surface area contributed by atoms with Gasteiger partial charge >= 0.3 is 0 Å². The molecule has 2 fully saturated rings. The number of aliphatic hydroxyl groups is 1. The van der Waals surface area contributed by atoms with Crippen LogP contribution < -0.4 is 5.32 Å². The van der Waals surface area contributed by atoms with E-state index < -0.39 is 6.10 Å². The Hall–Kier alpha value is -1.50. The molecule has 2 N–H and O–H groups in total. The minimum Gasteiger partial charge on any atom is -0.392 e. The summed E-state index contributed by atoms with van der Waals surface area (Å²) in [6.45, 7) is 4.05. The molecule has 1 aromatic carbocycles. The summed E-state index contributed by atoms with van der Waals surface area (Å²) in [7, 11) is 0. The van der Waals surface area contributed by atoms with E-state index in [0.29, 0.717) is 31.6 Å². The van der Waals surface area contributed by atoms with Crippen molar-refractivity contribution in [1.29, 1.82) is 0 Å². The molecular formula is C17H24FN3O2. The summed E-state index contributed by atoms with van der Waals surface area (Å²) >= 11 is 0. The highest BCUT2D eigenvalue weighted by molar-refractivity contribution is 5.82. The number of benzene rings is 1. The third-order valence-corrected chi connectivity index (χ3v) is 4.66. The van der Waals surface area contributed by atoms with Crippen molar-refractivity contribution in [3.8, 4) is 0 Å². The molecule has 2 heterocycles. The van der Waals surface area contributed by atoms with Crippen LogP contribution in [0.4, 0.5) is 4.39 Å². The smallest absolute Gasteiger partial charge is 0.239 e. The van der Waals surface area contributed by atoms with Gasteiger partial charge in [-0.3, -0.25) is 9.69 Å². The molecule has 1 amide bonds. The van der Waals surface area contributed by atoms with Gasteiger partial charge in [0, 0.05) is 44.8 Å². The highest BCUT2D eigenvalue weighted by Gasteiger charge is 2.32. The van der Waals surface area contributed by atoms with E-state index >= 15 is 0 Å². The van der Waals surface area contributed by atoms with Crippen LogP contribution in [0.2, 0.25) is 0 Å². The predicted molar refractivity (Wildman–Crippen MR) is 85.3 cm³/mol. The average molecular weight is 321 g/mol. The molecular weight excluding hydrogens is 297 g/mol. The normalized spacial score (nSPS) is 26.3. The third kappa shape index (κ3) is 4.07. The number of rotatable bonds is 3. The monoisotopic (exact) mass is 321 g/mol. The van der Waals surface area contributed by atoms with Crippen molar-refractivity contribution in [3.05, 3.63) is 35.6 Å². The van der Waals surface area contributed by atoms with E-state index in [0.717, 1.165) is 26.1 Å². The topological polar surface area (TPSA) is 55.8 Å². The van der Waals surface area contributed by atoms with Gasteiger partial charge in [0.05, 0.1) is 12.1 Å². The van der Waals surface area contributed by atoms with Gasteiger partial charge in [-0.05, 0) is 18.9 Å². The number of aliphatic hydroxyl groups excluding tert-OH is 1. The number of amides is 1. The molecule has 2 aliphatic rings. The lowest BCUT2D eigenvalue weighted by molar-refractivity contribution is -0.133. The van der Waals surface area contributed by atoms with Gasteiger partial charge in [-0.25, -0.2) is 4.39 Å². The molecule has 0 unspecified atom stereocenters. The number of β-amino-alcohol motifs (C(OH)–C–C–N with tert-alkyl or cyclic N) is 1. The lowest BCUT2D eigenvalue weighted by Crippen LogP contribution is -2.45. The Morgan fingerprint density at radius 1 is 1.26 bits per heavy atom. The molecule has 5 nitrogen and oxygen atoms in total. The fourth-order valence-corrected chi connectivity index (χ4v) is 3.34. The molecule has 1 aromatic rings. The second kappa shape index (κ2) is 7.38. The Balaban J connectivity index is 1.55. The molecule has 0 saturated carbocycles. The summed E-state index contributed by atoms with van der Waals surface area (Å²) in [5.41, 5.74) is 0.702. The summed E-state index contributed by atoms with van der Waals surface area (Å²) in [5.74, 6) is -0.0943. The van der Waals surface area contributed by atoms with E-state index in [1.165, 1.54) is 6.07 Å². The molecule has 126 valence electrons. The zero-order chi connectivity index (χ0) is 16.2. The number of hydrogen-bond donors (Lipinski definition) is 2. The molecule has 6 heteroatoms. The van der Waals surface area contributed by atoms with Crippen LogP contribution in [0.5, 0.6) is 0 Å². The first-order valence-corrected chi connectivity index (χ1v) is 8.29. The third-order valence-electron chi connectivity index (χ3n) is 4.66. The van der Waals surface area contributed by atoms with Crippen LogP contribution in [0.15, 0.2) is 24.3 Å². The summed E-state index contributed by atoms with van der Waals surface area (Å²) in [6.07, 6.45) is 0.956. The van der Waals surface area contributed by atoms with Crippen LogP contribution in [0.25, 0.3) is 0 Å². The van der Waals surface area contributed by atoms with Crippen LogP contribution in [0.1, 0.15) is 18.4 Å². The predicted octanol–water partition coefficient (Wildman–Crippen LogP) is 0.583. The fraction of sp³-hybridized carbons (Fsp3) is 0.588. The van der Waals surface area contributed by atoms with Crippen LogP contribution >= 0.6 is 0 Å². The minimum atomic E-state index is -0.423. The molecule has 2 saturated heterocycles. The van der Waals surface area contributed by atoms with Gasteiger partial charge in [0.15, 0.2) is 0 Å². The zero-order valence-electron chi connectivity index (χ0n) is 13.2. The van der Waals surface area contributed by atoms with Gasteiger partial charge in [-0.2, -0.15) is 0 Å². The molecule has 0 bridgehead atoms. The van der Waals surface area contributed by atoms with Crippen LogP contribution in [-0.2, 0) is 11.3 Å². The van der Waals surface area contributed by atoms with Gasteiger partial charge in [0.2, 0.25) is 5.91 Å². The molecule has 2 atom stereocenters. The number of nitrogens with zero attached hydrogens (tertiary/aromatic N) is 2. The van der Waals surface area contributed by atoms with Gasteiger partial charge < -0.3 is 15.3 Å². The van der Waals surface area contributed by atoms with E-state index in [1.807, 2.05) is 17.0 Å². The van der Waals surface area contributed by atoms with Gasteiger partial charge in [-0.1, -0.05) is 18.2 Å². The van der Waals surface area contributed by atoms with Crippen molar-refractivity contribution in [2.24, 2.45) is 0 Å². The zero-order valence-corrected chi connectivity index (χ0v) is 13.2. The van der Waals surface area contributed by atoms with Crippen molar-refractivity contribution in [2.75, 3.05) is 32.7 Å². The average Bonchev–Trinajstić information content (AvgIpc) is 2.84. The van der Waals surface area contributed by atoms with Crippen molar-refractivity contribution < 1.29 is 14.3 Å². The van der Waals surface area contributed by atoms with E-state index in [9.17, 15) is 14.3 Å². The maximum absolute atomic E-state index is 13.8. The Bertz CT molecular complexity index is 554. The van der Waals surface area contributed by atoms with E-state index in [-0.39, 0.29) is 17.8 Å². The summed E-state index contributed by atoms with van der Waals surface area (Å²) in [4.78, 5) is 16.6. The molecule has 3 rings (SSSR count). The number of nitrogens with one attached hydrogen (secondary N) is 1. The molecule has 0 radical (unpaired) electrons. The van der Waals surface area contributed by atoms with Gasteiger partial charge in [-0.15, -0.1) is 0 Å². The van der Waals surface area contributed by atoms with E-state index in [1.54, 1.807) is 6.07 Å². The second-order valence-electron chi connectivity index (χ2n) is 6.40. The number of halogens is 1. The summed E-state index contributed by atoms with van der Waals surface area (Å²) < 4.78 is 13.8. The number of hydrogen-bond acceptors (Lipinski definition) is 4. The molecule has 23 heavy (non-hydrogen) atoms. The van der Waals surface area contributed by atoms with Gasteiger partial charge in [0.1, 0.15) is 5.82 Å². The van der Waals surface area contributed by atoms with Crippen molar-refractivity contribution in [3.63, 3.8) is 0 Å². The van der Waals surface area contributed by atoms with E-state index in [4.69, 9.17) is 0 Å². The molecule has 0 aliphatic carbocycles. The maximum atomic E-state index is 13.8. The van der Waals surface area contributed by atoms with Gasteiger partial charge in [0.25, 0.3) is 0 Å². The SMILES string of the molecule is O=C([C@@H]1C[C@@H](O)CN1)N1CCCN(Cc2ccccc2F)CC1. The maximum Gasteiger partial charge on any atom is 0.239 e. The Morgan fingerprint density at radius 2 is 2.09 bits per heavy atom. The Labute approximate surface area is 136 Å². The largest absolute Gasteiger partial charge is 0.392 e. The first-order valence-electron chi connectivity index (χ1n) is 8.29. The first-order chi connectivity index (χ1) is 11.1.